The van der Waals surface area contributed by atoms with Gasteiger partial charge < -0.3 is 9.88 Å². The topological polar surface area (TPSA) is 61.9 Å². The first-order valence-electron chi connectivity index (χ1n) is 7.95. The van der Waals surface area contributed by atoms with Gasteiger partial charge in [-0.05, 0) is 19.2 Å². The highest BCUT2D eigenvalue weighted by molar-refractivity contribution is 5.54. The molecule has 0 aliphatic rings. The van der Waals surface area contributed by atoms with Crippen LogP contribution in [0.4, 0.5) is 0 Å². The molecule has 0 atom stereocenters. The molecule has 0 amide bonds. The van der Waals surface area contributed by atoms with Crippen LogP contribution in [-0.2, 0) is 13.0 Å². The summed E-state index contributed by atoms with van der Waals surface area (Å²) in [5.74, 6) is 0.608. The van der Waals surface area contributed by atoms with Gasteiger partial charge in [0.15, 0.2) is 0 Å². The van der Waals surface area contributed by atoms with Crippen molar-refractivity contribution in [2.24, 2.45) is 0 Å². The lowest BCUT2D eigenvalue weighted by Crippen LogP contribution is -2.23. The second kappa shape index (κ2) is 7.66. The number of nitrogens with zero attached hydrogens (tertiary/aromatic N) is 3. The van der Waals surface area contributed by atoms with Gasteiger partial charge in [0, 0.05) is 43.0 Å². The van der Waals surface area contributed by atoms with E-state index in [9.17, 15) is 4.79 Å². The average Bonchev–Trinajstić information content (AvgIpc) is 2.61. The summed E-state index contributed by atoms with van der Waals surface area (Å²) in [6, 6.07) is 17.2. The third-order valence-corrected chi connectivity index (χ3v) is 3.75. The Balaban J connectivity index is 1.68. The van der Waals surface area contributed by atoms with Crippen LogP contribution >= 0.6 is 0 Å². The molecular formula is C19H20N4O. The normalized spacial score (nSPS) is 10.9. The van der Waals surface area contributed by atoms with Crippen LogP contribution < -0.4 is 5.56 Å². The number of pyridine rings is 1. The fraction of sp³-hybridized carbons (Fsp3) is 0.211. The molecule has 0 bridgehead atoms. The van der Waals surface area contributed by atoms with Gasteiger partial charge in [0.05, 0.1) is 5.69 Å². The van der Waals surface area contributed by atoms with Crippen molar-refractivity contribution >= 4 is 0 Å². The van der Waals surface area contributed by atoms with Gasteiger partial charge in [0.25, 0.3) is 5.56 Å². The molecule has 0 unspecified atom stereocenters. The van der Waals surface area contributed by atoms with E-state index in [1.807, 2.05) is 55.6 Å². The largest absolute Gasteiger partial charge is 0.307 e. The molecule has 0 saturated heterocycles. The van der Waals surface area contributed by atoms with Crippen molar-refractivity contribution in [2.45, 2.75) is 13.0 Å². The highest BCUT2D eigenvalue weighted by Crippen LogP contribution is 2.13. The summed E-state index contributed by atoms with van der Waals surface area (Å²) in [7, 11) is 2.02. The van der Waals surface area contributed by atoms with Crippen molar-refractivity contribution < 1.29 is 0 Å². The summed E-state index contributed by atoms with van der Waals surface area (Å²) in [6.07, 6.45) is 2.67. The van der Waals surface area contributed by atoms with Gasteiger partial charge >= 0.3 is 0 Å². The molecule has 0 saturated carbocycles. The van der Waals surface area contributed by atoms with Crippen molar-refractivity contribution in [3.8, 4) is 11.4 Å². The van der Waals surface area contributed by atoms with Crippen LogP contribution in [0.2, 0.25) is 0 Å². The first-order chi connectivity index (χ1) is 11.7. The van der Waals surface area contributed by atoms with Gasteiger partial charge in [-0.25, -0.2) is 4.98 Å². The highest BCUT2D eigenvalue weighted by Gasteiger charge is 2.07. The minimum Gasteiger partial charge on any atom is -0.307 e. The van der Waals surface area contributed by atoms with E-state index >= 15 is 0 Å². The number of benzene rings is 1. The molecule has 2 aromatic heterocycles. The molecule has 5 nitrogen and oxygen atoms in total. The molecule has 0 fully saturated rings. The summed E-state index contributed by atoms with van der Waals surface area (Å²) < 4.78 is 0. The van der Waals surface area contributed by atoms with E-state index in [-0.39, 0.29) is 5.56 Å². The number of hydrogen-bond donors (Lipinski definition) is 1. The standard InChI is InChI=1S/C19H20N4O/c1-23(12-10-16-9-5-6-11-20-16)14-17-13-18(24)22-19(21-17)15-7-3-2-4-8-15/h2-9,11,13H,10,12,14H2,1H3,(H,21,22,24). The fourth-order valence-electron chi connectivity index (χ4n) is 2.53. The zero-order chi connectivity index (χ0) is 16.8. The van der Waals surface area contributed by atoms with Gasteiger partial charge in [-0.2, -0.15) is 0 Å². The Kier molecular flexibility index (Phi) is 5.13. The smallest absolute Gasteiger partial charge is 0.251 e. The van der Waals surface area contributed by atoms with Crippen LogP contribution in [0.3, 0.4) is 0 Å². The van der Waals surface area contributed by atoms with E-state index in [1.54, 1.807) is 12.3 Å². The third-order valence-electron chi connectivity index (χ3n) is 3.75. The monoisotopic (exact) mass is 320 g/mol. The molecule has 24 heavy (non-hydrogen) atoms. The second-order valence-corrected chi connectivity index (χ2v) is 5.76. The molecule has 0 aliphatic heterocycles. The summed E-state index contributed by atoms with van der Waals surface area (Å²) in [5, 5.41) is 0. The summed E-state index contributed by atoms with van der Waals surface area (Å²) in [5.41, 5.74) is 2.61. The van der Waals surface area contributed by atoms with Crippen molar-refractivity contribution in [2.75, 3.05) is 13.6 Å². The highest BCUT2D eigenvalue weighted by atomic mass is 16.1. The first kappa shape index (κ1) is 16.1. The second-order valence-electron chi connectivity index (χ2n) is 5.76. The van der Waals surface area contributed by atoms with Crippen LogP contribution in [0.1, 0.15) is 11.4 Å². The minimum atomic E-state index is -0.128. The Morgan fingerprint density at radius 2 is 1.83 bits per heavy atom. The van der Waals surface area contributed by atoms with Gasteiger partial charge in [0.1, 0.15) is 5.82 Å². The van der Waals surface area contributed by atoms with Gasteiger partial charge in [-0.15, -0.1) is 0 Å². The summed E-state index contributed by atoms with van der Waals surface area (Å²) >= 11 is 0. The van der Waals surface area contributed by atoms with Gasteiger partial charge in [-0.1, -0.05) is 36.4 Å². The first-order valence-corrected chi connectivity index (χ1v) is 7.95. The molecule has 1 aromatic carbocycles. The zero-order valence-electron chi connectivity index (χ0n) is 13.6. The molecule has 2 heterocycles. The Morgan fingerprint density at radius 3 is 2.58 bits per heavy atom. The maximum atomic E-state index is 11.9. The molecule has 5 heteroatoms. The maximum absolute atomic E-state index is 11.9. The van der Waals surface area contributed by atoms with Gasteiger partial charge in [-0.3, -0.25) is 9.78 Å². The fourth-order valence-corrected chi connectivity index (χ4v) is 2.53. The Labute approximate surface area is 141 Å². The molecule has 1 N–H and O–H groups in total. The number of aromatic nitrogens is 3. The van der Waals surface area contributed by atoms with Crippen molar-refractivity contribution in [3.05, 3.63) is 82.5 Å². The number of rotatable bonds is 6. The van der Waals surface area contributed by atoms with Crippen LogP contribution in [0.15, 0.2) is 65.6 Å². The predicted molar refractivity (Wildman–Crippen MR) is 94.6 cm³/mol. The lowest BCUT2D eigenvalue weighted by atomic mass is 10.2. The summed E-state index contributed by atoms with van der Waals surface area (Å²) in [4.78, 5) is 25.8. The molecule has 0 radical (unpaired) electrons. The number of hydrogen-bond acceptors (Lipinski definition) is 4. The lowest BCUT2D eigenvalue weighted by molar-refractivity contribution is 0.326. The van der Waals surface area contributed by atoms with Crippen LogP contribution in [0.5, 0.6) is 0 Å². The quantitative estimate of drug-likeness (QED) is 0.758. The molecule has 3 rings (SSSR count). The molecule has 0 spiro atoms. The average molecular weight is 320 g/mol. The maximum Gasteiger partial charge on any atom is 0.251 e. The predicted octanol–water partition coefficient (Wildman–Crippen LogP) is 2.51. The lowest BCUT2D eigenvalue weighted by Gasteiger charge is -2.16. The molecule has 122 valence electrons. The van der Waals surface area contributed by atoms with Crippen molar-refractivity contribution in [1.29, 1.82) is 0 Å². The van der Waals surface area contributed by atoms with E-state index in [1.165, 1.54) is 0 Å². The number of likely N-dealkylation sites (N-methyl/N-ethyl adjacent to an activating group) is 1. The van der Waals surface area contributed by atoms with E-state index in [4.69, 9.17) is 0 Å². The van der Waals surface area contributed by atoms with Crippen LogP contribution in [0, 0.1) is 0 Å². The minimum absolute atomic E-state index is 0.128. The Morgan fingerprint density at radius 1 is 1.04 bits per heavy atom. The number of aromatic amines is 1. The summed E-state index contributed by atoms with van der Waals surface area (Å²) in [6.45, 7) is 1.47. The van der Waals surface area contributed by atoms with E-state index in [2.05, 4.69) is 19.9 Å². The number of nitrogens with one attached hydrogen (secondary N) is 1. The molecular weight excluding hydrogens is 300 g/mol. The van der Waals surface area contributed by atoms with Crippen molar-refractivity contribution in [1.82, 2.24) is 19.9 Å². The van der Waals surface area contributed by atoms with Crippen LogP contribution in [0.25, 0.3) is 11.4 Å². The Bertz CT molecular complexity index is 831. The van der Waals surface area contributed by atoms with Crippen molar-refractivity contribution in [3.63, 3.8) is 0 Å². The van der Waals surface area contributed by atoms with Gasteiger partial charge in [0.2, 0.25) is 0 Å². The van der Waals surface area contributed by atoms with E-state index in [0.29, 0.717) is 12.4 Å². The van der Waals surface area contributed by atoms with E-state index in [0.717, 1.165) is 29.9 Å². The SMILES string of the molecule is CN(CCc1ccccn1)Cc1cc(=O)[nH]c(-c2ccccc2)n1. The molecule has 3 aromatic rings. The zero-order valence-corrected chi connectivity index (χ0v) is 13.6. The number of H-pyrrole nitrogens is 1. The molecule has 0 aliphatic carbocycles. The van der Waals surface area contributed by atoms with E-state index < -0.39 is 0 Å². The Hall–Kier alpha value is -2.79. The van der Waals surface area contributed by atoms with Crippen LogP contribution in [-0.4, -0.2) is 33.4 Å². The third kappa shape index (κ3) is 4.36.